The van der Waals surface area contributed by atoms with Crippen molar-refractivity contribution in [1.82, 2.24) is 4.72 Å². The zero-order valence-corrected chi connectivity index (χ0v) is 15.4. The van der Waals surface area contributed by atoms with Crippen molar-refractivity contribution >= 4 is 21.6 Å². The van der Waals surface area contributed by atoms with E-state index in [-0.39, 0.29) is 18.9 Å². The minimum atomic E-state index is -3.40. The topological polar surface area (TPSA) is 55.4 Å². The SMILES string of the molecule is CC(C)c1ccccc1OCCNS(=O)(=O)Cc1ccc(Cl)cc1. The zero-order chi connectivity index (χ0) is 17.6. The van der Waals surface area contributed by atoms with Gasteiger partial charge in [-0.25, -0.2) is 13.1 Å². The van der Waals surface area contributed by atoms with Crippen LogP contribution < -0.4 is 9.46 Å². The molecule has 0 aliphatic rings. The van der Waals surface area contributed by atoms with Crippen LogP contribution in [0.5, 0.6) is 5.75 Å². The zero-order valence-electron chi connectivity index (χ0n) is 13.8. The van der Waals surface area contributed by atoms with Gasteiger partial charge in [0.15, 0.2) is 0 Å². The molecule has 0 aliphatic carbocycles. The number of benzene rings is 2. The van der Waals surface area contributed by atoms with E-state index in [0.29, 0.717) is 16.5 Å². The van der Waals surface area contributed by atoms with Gasteiger partial charge in [-0.3, -0.25) is 0 Å². The molecule has 2 aromatic rings. The lowest BCUT2D eigenvalue weighted by atomic mass is 10.0. The van der Waals surface area contributed by atoms with Crippen LogP contribution in [0, 0.1) is 0 Å². The molecule has 0 atom stereocenters. The van der Waals surface area contributed by atoms with Crippen LogP contribution >= 0.6 is 11.6 Å². The summed E-state index contributed by atoms with van der Waals surface area (Å²) >= 11 is 5.80. The van der Waals surface area contributed by atoms with Crippen LogP contribution in [-0.2, 0) is 15.8 Å². The van der Waals surface area contributed by atoms with Crippen molar-refractivity contribution in [3.05, 3.63) is 64.7 Å². The van der Waals surface area contributed by atoms with Gasteiger partial charge in [0.1, 0.15) is 12.4 Å². The number of sulfonamides is 1. The second kappa shape index (κ2) is 8.51. The molecule has 0 bridgehead atoms. The lowest BCUT2D eigenvalue weighted by Crippen LogP contribution is -2.29. The fourth-order valence-corrected chi connectivity index (χ4v) is 3.55. The third-order valence-corrected chi connectivity index (χ3v) is 5.10. The lowest BCUT2D eigenvalue weighted by molar-refractivity contribution is 0.318. The summed E-state index contributed by atoms with van der Waals surface area (Å²) in [5.41, 5.74) is 1.81. The summed E-state index contributed by atoms with van der Waals surface area (Å²) < 4.78 is 32.4. The van der Waals surface area contributed by atoms with Crippen LogP contribution in [0.2, 0.25) is 5.02 Å². The molecule has 2 aromatic carbocycles. The first kappa shape index (κ1) is 18.8. The smallest absolute Gasteiger partial charge is 0.215 e. The number of ether oxygens (including phenoxy) is 1. The summed E-state index contributed by atoms with van der Waals surface area (Å²) in [6.45, 7) is 4.69. The van der Waals surface area contributed by atoms with Gasteiger partial charge in [-0.2, -0.15) is 0 Å². The Labute approximate surface area is 148 Å². The van der Waals surface area contributed by atoms with E-state index >= 15 is 0 Å². The van der Waals surface area contributed by atoms with Gasteiger partial charge in [-0.15, -0.1) is 0 Å². The van der Waals surface area contributed by atoms with Gasteiger partial charge in [-0.1, -0.05) is 55.8 Å². The molecular formula is C18H22ClNO3S. The minimum Gasteiger partial charge on any atom is -0.492 e. The lowest BCUT2D eigenvalue weighted by Gasteiger charge is -2.14. The van der Waals surface area contributed by atoms with E-state index < -0.39 is 10.0 Å². The molecule has 0 spiro atoms. The van der Waals surface area contributed by atoms with E-state index in [0.717, 1.165) is 11.3 Å². The fourth-order valence-electron chi connectivity index (χ4n) is 2.30. The summed E-state index contributed by atoms with van der Waals surface area (Å²) in [5.74, 6) is 1.07. The molecule has 2 rings (SSSR count). The molecule has 24 heavy (non-hydrogen) atoms. The molecule has 0 saturated carbocycles. The second-order valence-electron chi connectivity index (χ2n) is 5.82. The van der Waals surface area contributed by atoms with Gasteiger partial charge >= 0.3 is 0 Å². The maximum atomic E-state index is 12.1. The standard InChI is InChI=1S/C18H22ClNO3S/c1-14(2)17-5-3-4-6-18(17)23-12-11-20-24(21,22)13-15-7-9-16(19)10-8-15/h3-10,14,20H,11-13H2,1-2H3. The number of hydrogen-bond donors (Lipinski definition) is 1. The Balaban J connectivity index is 1.84. The number of para-hydroxylation sites is 1. The highest BCUT2D eigenvalue weighted by atomic mass is 35.5. The predicted molar refractivity (Wildman–Crippen MR) is 98.1 cm³/mol. The fraction of sp³-hybridized carbons (Fsp3) is 0.333. The highest BCUT2D eigenvalue weighted by molar-refractivity contribution is 7.88. The van der Waals surface area contributed by atoms with Crippen molar-refractivity contribution < 1.29 is 13.2 Å². The van der Waals surface area contributed by atoms with E-state index in [9.17, 15) is 8.42 Å². The molecule has 1 N–H and O–H groups in total. The summed E-state index contributed by atoms with van der Waals surface area (Å²) in [6.07, 6.45) is 0. The molecule has 4 nitrogen and oxygen atoms in total. The first-order valence-corrected chi connectivity index (χ1v) is 9.84. The summed E-state index contributed by atoms with van der Waals surface area (Å²) in [5, 5.41) is 0.585. The molecule has 6 heteroatoms. The summed E-state index contributed by atoms with van der Waals surface area (Å²) in [6, 6.07) is 14.6. The van der Waals surface area contributed by atoms with Crippen molar-refractivity contribution in [2.45, 2.75) is 25.5 Å². The maximum absolute atomic E-state index is 12.1. The first-order chi connectivity index (χ1) is 11.4. The van der Waals surface area contributed by atoms with Crippen LogP contribution in [0.1, 0.15) is 30.9 Å². The molecule has 0 fully saturated rings. The number of nitrogens with one attached hydrogen (secondary N) is 1. The van der Waals surface area contributed by atoms with Crippen molar-refractivity contribution in [3.8, 4) is 5.75 Å². The molecular weight excluding hydrogens is 346 g/mol. The Morgan fingerprint density at radius 2 is 1.75 bits per heavy atom. The third kappa shape index (κ3) is 5.82. The second-order valence-corrected chi connectivity index (χ2v) is 8.06. The predicted octanol–water partition coefficient (Wildman–Crippen LogP) is 3.96. The van der Waals surface area contributed by atoms with Gasteiger partial charge in [0.25, 0.3) is 0 Å². The Bertz CT molecular complexity index is 758. The number of halogens is 1. The van der Waals surface area contributed by atoms with Crippen molar-refractivity contribution in [2.24, 2.45) is 0 Å². The van der Waals surface area contributed by atoms with Gasteiger partial charge in [0.05, 0.1) is 5.75 Å². The van der Waals surface area contributed by atoms with E-state index in [1.165, 1.54) is 0 Å². The molecule has 0 saturated heterocycles. The Kier molecular flexibility index (Phi) is 6.66. The molecule has 0 aliphatic heterocycles. The first-order valence-electron chi connectivity index (χ1n) is 7.81. The van der Waals surface area contributed by atoms with E-state index in [1.54, 1.807) is 24.3 Å². The quantitative estimate of drug-likeness (QED) is 0.718. The Hall–Kier alpha value is -1.56. The average molecular weight is 368 g/mol. The van der Waals surface area contributed by atoms with Crippen LogP contribution in [0.4, 0.5) is 0 Å². The summed E-state index contributed by atoms with van der Waals surface area (Å²) in [4.78, 5) is 0. The largest absolute Gasteiger partial charge is 0.492 e. The average Bonchev–Trinajstić information content (AvgIpc) is 2.54. The normalized spacial score (nSPS) is 11.7. The number of rotatable bonds is 8. The van der Waals surface area contributed by atoms with Crippen molar-refractivity contribution in [2.75, 3.05) is 13.2 Å². The third-order valence-electron chi connectivity index (χ3n) is 3.49. The molecule has 130 valence electrons. The van der Waals surface area contributed by atoms with Crippen molar-refractivity contribution in [1.29, 1.82) is 0 Å². The Morgan fingerprint density at radius 1 is 1.08 bits per heavy atom. The Morgan fingerprint density at radius 3 is 2.42 bits per heavy atom. The van der Waals surface area contributed by atoms with E-state index in [2.05, 4.69) is 18.6 Å². The minimum absolute atomic E-state index is 0.0766. The summed E-state index contributed by atoms with van der Waals surface area (Å²) in [7, 11) is -3.40. The monoisotopic (exact) mass is 367 g/mol. The van der Waals surface area contributed by atoms with Gasteiger partial charge < -0.3 is 4.74 Å². The molecule has 0 aromatic heterocycles. The van der Waals surface area contributed by atoms with Gasteiger partial charge in [-0.05, 0) is 35.2 Å². The van der Waals surface area contributed by atoms with E-state index in [1.807, 2.05) is 24.3 Å². The van der Waals surface area contributed by atoms with Crippen LogP contribution in [0.25, 0.3) is 0 Å². The van der Waals surface area contributed by atoms with Crippen molar-refractivity contribution in [3.63, 3.8) is 0 Å². The van der Waals surface area contributed by atoms with E-state index in [4.69, 9.17) is 16.3 Å². The van der Waals surface area contributed by atoms with Gasteiger partial charge in [0, 0.05) is 11.6 Å². The molecule has 0 heterocycles. The van der Waals surface area contributed by atoms with Gasteiger partial charge in [0.2, 0.25) is 10.0 Å². The van der Waals surface area contributed by atoms with Crippen LogP contribution in [0.3, 0.4) is 0 Å². The highest BCUT2D eigenvalue weighted by Gasteiger charge is 2.12. The molecule has 0 radical (unpaired) electrons. The molecule has 0 amide bonds. The number of hydrogen-bond acceptors (Lipinski definition) is 3. The maximum Gasteiger partial charge on any atom is 0.215 e. The van der Waals surface area contributed by atoms with Crippen LogP contribution in [-0.4, -0.2) is 21.6 Å². The highest BCUT2D eigenvalue weighted by Crippen LogP contribution is 2.25. The van der Waals surface area contributed by atoms with Crippen LogP contribution in [0.15, 0.2) is 48.5 Å². The molecule has 0 unspecified atom stereocenters.